The van der Waals surface area contributed by atoms with Crippen molar-refractivity contribution >= 4 is 23.4 Å². The molecule has 2 heterocycles. The van der Waals surface area contributed by atoms with Gasteiger partial charge in [0.05, 0.1) is 37.4 Å². The number of methoxy groups -OCH3 is 1. The predicted octanol–water partition coefficient (Wildman–Crippen LogP) is 5.64. The summed E-state index contributed by atoms with van der Waals surface area (Å²) < 4.78 is 57.9. The third-order valence-electron chi connectivity index (χ3n) is 8.05. The van der Waals surface area contributed by atoms with Crippen LogP contribution in [-0.2, 0) is 30.0 Å². The lowest BCUT2D eigenvalue weighted by Crippen LogP contribution is -2.46. The molecule has 0 fully saturated rings. The summed E-state index contributed by atoms with van der Waals surface area (Å²) in [6.07, 6.45) is -1.75. The Morgan fingerprint density at radius 3 is 2.37 bits per heavy atom. The number of nitrogens with zero attached hydrogens (tertiary/aromatic N) is 2. The predicted molar refractivity (Wildman–Crippen MR) is 161 cm³/mol. The molecular formula is C34H32F3N3O6. The van der Waals surface area contributed by atoms with Crippen LogP contribution in [0.15, 0.2) is 95.7 Å². The lowest BCUT2D eigenvalue weighted by molar-refractivity contribution is -0.152. The third-order valence-corrected chi connectivity index (χ3v) is 8.05. The van der Waals surface area contributed by atoms with Gasteiger partial charge in [-0.15, -0.1) is 0 Å². The van der Waals surface area contributed by atoms with Crippen molar-refractivity contribution in [3.8, 4) is 5.75 Å². The van der Waals surface area contributed by atoms with Gasteiger partial charge in [0.25, 0.3) is 0 Å². The first-order valence-electron chi connectivity index (χ1n) is 14.6. The van der Waals surface area contributed by atoms with Crippen molar-refractivity contribution in [2.75, 3.05) is 25.2 Å². The summed E-state index contributed by atoms with van der Waals surface area (Å²) in [5, 5.41) is 0. The average Bonchev–Trinajstić information content (AvgIpc) is 3.04. The molecule has 0 amide bonds. The fourth-order valence-electron chi connectivity index (χ4n) is 6.12. The molecule has 5 rings (SSSR count). The monoisotopic (exact) mass is 635 g/mol. The molecule has 46 heavy (non-hydrogen) atoms. The van der Waals surface area contributed by atoms with Gasteiger partial charge in [-0.25, -0.2) is 4.79 Å². The summed E-state index contributed by atoms with van der Waals surface area (Å²) in [5.41, 5.74) is 6.81. The fraction of sp³-hybridized carbons (Fsp3) is 0.294. The summed E-state index contributed by atoms with van der Waals surface area (Å²) in [7, 11) is 1.48. The van der Waals surface area contributed by atoms with Gasteiger partial charge in [-0.05, 0) is 67.8 Å². The quantitative estimate of drug-likeness (QED) is 0.248. The number of ether oxygens (including phenoxy) is 3. The van der Waals surface area contributed by atoms with E-state index in [1.165, 1.54) is 36.5 Å². The van der Waals surface area contributed by atoms with Crippen LogP contribution >= 0.6 is 0 Å². The van der Waals surface area contributed by atoms with E-state index < -0.39 is 47.2 Å². The molecule has 0 spiro atoms. The molecular weight excluding hydrogens is 603 g/mol. The Hall–Kier alpha value is -5.13. The van der Waals surface area contributed by atoms with Crippen LogP contribution in [0.1, 0.15) is 48.8 Å². The summed E-state index contributed by atoms with van der Waals surface area (Å²) in [6, 6.07) is 14.5. The minimum Gasteiger partial charge on any atom is -0.497 e. The lowest BCUT2D eigenvalue weighted by Gasteiger charge is -2.44. The molecule has 0 saturated heterocycles. The second-order valence-corrected chi connectivity index (χ2v) is 10.7. The molecule has 1 aliphatic carbocycles. The number of Topliss-reactive ketones (excluding diaryl/α,β-unsaturated/α-hetero) is 1. The number of carbonyl (C=O) groups is 3. The van der Waals surface area contributed by atoms with Crippen LogP contribution in [0.2, 0.25) is 0 Å². The number of alkyl halides is 3. The summed E-state index contributed by atoms with van der Waals surface area (Å²) in [6.45, 7) is 3.17. The number of benzene rings is 2. The van der Waals surface area contributed by atoms with Gasteiger partial charge in [0.1, 0.15) is 17.5 Å². The third kappa shape index (κ3) is 5.94. The van der Waals surface area contributed by atoms with Gasteiger partial charge in [0.2, 0.25) is 0 Å². The molecule has 9 nitrogen and oxygen atoms in total. The Morgan fingerprint density at radius 1 is 1.00 bits per heavy atom. The highest BCUT2D eigenvalue weighted by Gasteiger charge is 2.51. The SMILES string of the molecule is CCOC(=O)C1=C(N)N(c2cccc(C(F)(F)F)c2)C2=C(C(=O)C(C(=O)OCC)C(c3cccc(OC)c3)C2)C1c1cccnc1. The van der Waals surface area contributed by atoms with Gasteiger partial charge in [0, 0.05) is 35.3 Å². The zero-order valence-electron chi connectivity index (χ0n) is 25.3. The van der Waals surface area contributed by atoms with E-state index in [0.29, 0.717) is 16.9 Å². The van der Waals surface area contributed by atoms with E-state index in [9.17, 15) is 27.6 Å². The Labute approximate surface area is 263 Å². The number of halogens is 3. The molecule has 2 aliphatic rings. The molecule has 0 bridgehead atoms. The van der Waals surface area contributed by atoms with Crippen molar-refractivity contribution in [3.63, 3.8) is 0 Å². The Kier molecular flexibility index (Phi) is 9.17. The second kappa shape index (κ2) is 13.1. The standard InChI is InChI=1S/C34H32F3N3O6/c1-4-45-32(42)27-24(19-9-6-13-23(15-19)44-3)17-25-28(30(27)41)26(20-10-8-14-39-18-20)29(33(43)46-5-2)31(38)40(25)22-12-7-11-21(16-22)34(35,36)37/h6-16,18,24,26-27H,4-5,17,38H2,1-3H3. The van der Waals surface area contributed by atoms with Crippen LogP contribution in [-0.4, -0.2) is 43.0 Å². The maximum atomic E-state index is 14.8. The minimum atomic E-state index is -4.69. The van der Waals surface area contributed by atoms with E-state index in [4.69, 9.17) is 19.9 Å². The molecule has 0 saturated carbocycles. The molecule has 2 aromatic carbocycles. The molecule has 3 aromatic rings. The fourth-order valence-corrected chi connectivity index (χ4v) is 6.12. The normalized spacial score (nSPS) is 19.9. The van der Waals surface area contributed by atoms with Crippen LogP contribution in [0, 0.1) is 5.92 Å². The van der Waals surface area contributed by atoms with Gasteiger partial charge < -0.3 is 19.9 Å². The van der Waals surface area contributed by atoms with Crippen molar-refractivity contribution < 1.29 is 41.8 Å². The molecule has 12 heteroatoms. The lowest BCUT2D eigenvalue weighted by atomic mass is 9.67. The smallest absolute Gasteiger partial charge is 0.416 e. The molecule has 240 valence electrons. The van der Waals surface area contributed by atoms with E-state index in [0.717, 1.165) is 12.1 Å². The minimum absolute atomic E-state index is 0.00265. The number of aromatic nitrogens is 1. The van der Waals surface area contributed by atoms with Crippen LogP contribution in [0.4, 0.5) is 18.9 Å². The van der Waals surface area contributed by atoms with Crippen molar-refractivity contribution in [2.24, 2.45) is 11.7 Å². The van der Waals surface area contributed by atoms with E-state index in [1.54, 1.807) is 50.2 Å². The van der Waals surface area contributed by atoms with Crippen LogP contribution < -0.4 is 15.4 Å². The highest BCUT2D eigenvalue weighted by Crippen LogP contribution is 2.52. The number of anilines is 1. The first-order valence-corrected chi connectivity index (χ1v) is 14.6. The first-order chi connectivity index (χ1) is 22.0. The Bertz CT molecular complexity index is 1720. The molecule has 0 radical (unpaired) electrons. The van der Waals surface area contributed by atoms with Gasteiger partial charge in [0.15, 0.2) is 5.78 Å². The number of esters is 2. The number of hydrogen-bond acceptors (Lipinski definition) is 9. The zero-order chi connectivity index (χ0) is 33.2. The number of rotatable bonds is 8. The number of pyridine rings is 1. The Morgan fingerprint density at radius 2 is 1.72 bits per heavy atom. The Balaban J connectivity index is 1.84. The molecule has 3 unspecified atom stereocenters. The maximum absolute atomic E-state index is 14.8. The van der Waals surface area contributed by atoms with Crippen molar-refractivity contribution in [1.29, 1.82) is 0 Å². The maximum Gasteiger partial charge on any atom is 0.416 e. The first kappa shape index (κ1) is 32.3. The van der Waals surface area contributed by atoms with Crippen LogP contribution in [0.3, 0.4) is 0 Å². The number of ketones is 1. The molecule has 3 atom stereocenters. The summed E-state index contributed by atoms with van der Waals surface area (Å²) in [4.78, 5) is 47.5. The van der Waals surface area contributed by atoms with Crippen LogP contribution in [0.25, 0.3) is 0 Å². The van der Waals surface area contributed by atoms with E-state index in [1.807, 2.05) is 0 Å². The van der Waals surface area contributed by atoms with Gasteiger partial charge in [-0.2, -0.15) is 13.2 Å². The second-order valence-electron chi connectivity index (χ2n) is 10.7. The zero-order valence-corrected chi connectivity index (χ0v) is 25.3. The summed E-state index contributed by atoms with van der Waals surface area (Å²) >= 11 is 0. The average molecular weight is 636 g/mol. The van der Waals surface area contributed by atoms with E-state index in [2.05, 4.69) is 4.98 Å². The number of allylic oxidation sites excluding steroid dienone is 2. The summed E-state index contributed by atoms with van der Waals surface area (Å²) in [5.74, 6) is -5.35. The van der Waals surface area contributed by atoms with E-state index >= 15 is 0 Å². The molecule has 2 N–H and O–H groups in total. The number of carbonyl (C=O) groups excluding carboxylic acids is 3. The van der Waals surface area contributed by atoms with Crippen molar-refractivity contribution in [1.82, 2.24) is 4.98 Å². The number of nitrogens with two attached hydrogens (primary N) is 1. The number of hydrogen-bond donors (Lipinski definition) is 1. The highest BCUT2D eigenvalue weighted by atomic mass is 19.4. The highest BCUT2D eigenvalue weighted by molar-refractivity contribution is 6.14. The molecule has 1 aromatic heterocycles. The van der Waals surface area contributed by atoms with Gasteiger partial charge in [-0.3, -0.25) is 19.5 Å². The van der Waals surface area contributed by atoms with Crippen molar-refractivity contribution in [2.45, 2.75) is 38.3 Å². The van der Waals surface area contributed by atoms with Gasteiger partial charge >= 0.3 is 18.1 Å². The van der Waals surface area contributed by atoms with Crippen molar-refractivity contribution in [3.05, 3.63) is 112 Å². The largest absolute Gasteiger partial charge is 0.497 e. The topological polar surface area (TPSA) is 121 Å². The van der Waals surface area contributed by atoms with Crippen LogP contribution in [0.5, 0.6) is 5.75 Å². The molecule has 1 aliphatic heterocycles. The van der Waals surface area contributed by atoms with Gasteiger partial charge in [-0.1, -0.05) is 24.3 Å². The van der Waals surface area contributed by atoms with E-state index in [-0.39, 0.29) is 48.0 Å².